The van der Waals surface area contributed by atoms with Gasteiger partial charge in [0.2, 0.25) is 0 Å². The van der Waals surface area contributed by atoms with E-state index in [1.807, 2.05) is 30.3 Å². The van der Waals surface area contributed by atoms with Crippen LogP contribution in [0.25, 0.3) is 11.3 Å². The van der Waals surface area contributed by atoms with Gasteiger partial charge in [-0.3, -0.25) is 14.9 Å². The minimum absolute atomic E-state index is 0.0705. The summed E-state index contributed by atoms with van der Waals surface area (Å²) in [6.45, 7) is 0. The van der Waals surface area contributed by atoms with Crippen LogP contribution >= 0.6 is 34.5 Å². The van der Waals surface area contributed by atoms with Gasteiger partial charge in [0.15, 0.2) is 5.13 Å². The van der Waals surface area contributed by atoms with E-state index in [1.165, 1.54) is 24.5 Å². The first-order valence-electron chi connectivity index (χ1n) is 7.86. The van der Waals surface area contributed by atoms with Gasteiger partial charge in [-0.25, -0.2) is 4.98 Å². The van der Waals surface area contributed by atoms with Gasteiger partial charge in [0.25, 0.3) is 5.91 Å². The van der Waals surface area contributed by atoms with Crippen molar-refractivity contribution in [1.82, 2.24) is 4.98 Å². The van der Waals surface area contributed by atoms with Crippen LogP contribution < -0.4 is 5.32 Å². The lowest BCUT2D eigenvalue weighted by molar-refractivity contribution is -0.139. The number of nitrogens with one attached hydrogen (secondary N) is 1. The van der Waals surface area contributed by atoms with Crippen molar-refractivity contribution < 1.29 is 14.3 Å². The fourth-order valence-electron chi connectivity index (χ4n) is 2.36. The second-order valence-electron chi connectivity index (χ2n) is 5.49. The topological polar surface area (TPSA) is 68.3 Å². The number of methoxy groups -OCH3 is 1. The summed E-state index contributed by atoms with van der Waals surface area (Å²) in [5, 5.41) is 3.78. The summed E-state index contributed by atoms with van der Waals surface area (Å²) in [5.74, 6) is -0.746. The van der Waals surface area contributed by atoms with Crippen molar-refractivity contribution in [2.75, 3.05) is 12.4 Å². The molecule has 1 N–H and O–H groups in total. The lowest BCUT2D eigenvalue weighted by Gasteiger charge is -2.03. The number of anilines is 1. The second-order valence-corrected chi connectivity index (χ2v) is 7.39. The first kappa shape index (κ1) is 19.4. The van der Waals surface area contributed by atoms with E-state index in [-0.39, 0.29) is 18.3 Å². The molecule has 0 spiro atoms. The van der Waals surface area contributed by atoms with E-state index >= 15 is 0 Å². The number of ether oxygens (including phenoxy) is 1. The van der Waals surface area contributed by atoms with Crippen molar-refractivity contribution in [3.8, 4) is 11.3 Å². The molecule has 0 aliphatic carbocycles. The number of rotatable bonds is 5. The van der Waals surface area contributed by atoms with Crippen molar-refractivity contribution in [2.45, 2.75) is 6.42 Å². The van der Waals surface area contributed by atoms with E-state index in [2.05, 4.69) is 10.3 Å². The molecule has 0 saturated carbocycles. The van der Waals surface area contributed by atoms with Crippen molar-refractivity contribution in [3.05, 3.63) is 69.0 Å². The number of benzene rings is 2. The van der Waals surface area contributed by atoms with Crippen LogP contribution in [0.2, 0.25) is 10.0 Å². The molecule has 0 aliphatic rings. The van der Waals surface area contributed by atoms with E-state index in [0.717, 1.165) is 5.56 Å². The third-order valence-corrected chi connectivity index (χ3v) is 5.39. The molecule has 0 fully saturated rings. The lowest BCUT2D eigenvalue weighted by atomic mass is 10.1. The van der Waals surface area contributed by atoms with E-state index in [4.69, 9.17) is 27.9 Å². The molecule has 1 amide bonds. The van der Waals surface area contributed by atoms with Crippen LogP contribution in [0.5, 0.6) is 0 Å². The molecular formula is C19H14Cl2N2O3S. The van der Waals surface area contributed by atoms with E-state index in [9.17, 15) is 9.59 Å². The van der Waals surface area contributed by atoms with Gasteiger partial charge < -0.3 is 4.74 Å². The van der Waals surface area contributed by atoms with Crippen LogP contribution in [0.15, 0.2) is 48.5 Å². The molecule has 0 atom stereocenters. The molecule has 0 saturated heterocycles. The maximum Gasteiger partial charge on any atom is 0.310 e. The number of hydrogen-bond donors (Lipinski definition) is 1. The molecule has 27 heavy (non-hydrogen) atoms. The smallest absolute Gasteiger partial charge is 0.310 e. The quantitative estimate of drug-likeness (QED) is 0.583. The third-order valence-electron chi connectivity index (χ3n) is 3.68. The number of hydrogen-bond acceptors (Lipinski definition) is 5. The Morgan fingerprint density at radius 1 is 1.11 bits per heavy atom. The summed E-state index contributed by atoms with van der Waals surface area (Å²) in [6.07, 6.45) is 0.0705. The summed E-state index contributed by atoms with van der Waals surface area (Å²) in [6, 6.07) is 14.0. The molecule has 3 rings (SSSR count). The predicted octanol–water partition coefficient (Wildman–Crippen LogP) is 5.08. The van der Waals surface area contributed by atoms with Crippen LogP contribution in [0.1, 0.15) is 15.2 Å². The minimum atomic E-state index is -0.377. The highest BCUT2D eigenvalue weighted by Crippen LogP contribution is 2.32. The Balaban J connectivity index is 1.90. The Morgan fingerprint density at radius 2 is 1.85 bits per heavy atom. The van der Waals surface area contributed by atoms with Crippen LogP contribution in [0.4, 0.5) is 5.13 Å². The second kappa shape index (κ2) is 8.52. The van der Waals surface area contributed by atoms with Gasteiger partial charge in [0, 0.05) is 16.0 Å². The summed E-state index contributed by atoms with van der Waals surface area (Å²) in [5.41, 5.74) is 1.84. The molecule has 3 aromatic rings. The summed E-state index contributed by atoms with van der Waals surface area (Å²) in [7, 11) is 1.33. The maximum absolute atomic E-state index is 12.5. The molecule has 0 unspecified atom stereocenters. The van der Waals surface area contributed by atoms with E-state index in [1.54, 1.807) is 12.1 Å². The van der Waals surface area contributed by atoms with Crippen LogP contribution in [0, 0.1) is 0 Å². The Hall–Kier alpha value is -2.41. The molecule has 138 valence electrons. The van der Waals surface area contributed by atoms with Gasteiger partial charge in [-0.1, -0.05) is 53.5 Å². The normalized spacial score (nSPS) is 10.5. The largest absolute Gasteiger partial charge is 0.469 e. The molecule has 8 heteroatoms. The summed E-state index contributed by atoms with van der Waals surface area (Å²) >= 11 is 13.1. The number of amides is 1. The number of carbonyl (C=O) groups is 2. The van der Waals surface area contributed by atoms with Gasteiger partial charge in [-0.05, 0) is 18.2 Å². The molecule has 0 aliphatic heterocycles. The van der Waals surface area contributed by atoms with Crippen molar-refractivity contribution in [1.29, 1.82) is 0 Å². The molecule has 1 aromatic heterocycles. The summed E-state index contributed by atoms with van der Waals surface area (Å²) in [4.78, 5) is 29.4. The fourth-order valence-corrected chi connectivity index (χ4v) is 3.62. The number of carbonyl (C=O) groups excluding carboxylic acids is 2. The van der Waals surface area contributed by atoms with Crippen molar-refractivity contribution in [3.63, 3.8) is 0 Å². The average molecular weight is 421 g/mol. The zero-order chi connectivity index (χ0) is 19.4. The first-order valence-corrected chi connectivity index (χ1v) is 9.43. The number of nitrogens with zero attached hydrogens (tertiary/aromatic N) is 1. The first-order chi connectivity index (χ1) is 13.0. The molecule has 2 aromatic carbocycles. The Morgan fingerprint density at radius 3 is 2.52 bits per heavy atom. The number of aromatic nitrogens is 1. The van der Waals surface area contributed by atoms with Crippen LogP contribution in [-0.2, 0) is 16.0 Å². The van der Waals surface area contributed by atoms with Gasteiger partial charge in [0.05, 0.1) is 29.3 Å². The average Bonchev–Trinajstić information content (AvgIpc) is 3.06. The Kier molecular flexibility index (Phi) is 6.11. The highest BCUT2D eigenvalue weighted by Gasteiger charge is 2.18. The molecular weight excluding hydrogens is 407 g/mol. The fraction of sp³-hybridized carbons (Fsp3) is 0.105. The van der Waals surface area contributed by atoms with Gasteiger partial charge in [-0.2, -0.15) is 0 Å². The van der Waals surface area contributed by atoms with E-state index < -0.39 is 0 Å². The van der Waals surface area contributed by atoms with Gasteiger partial charge >= 0.3 is 5.97 Å². The zero-order valence-electron chi connectivity index (χ0n) is 14.2. The molecule has 1 heterocycles. The van der Waals surface area contributed by atoms with Crippen molar-refractivity contribution in [2.24, 2.45) is 0 Å². The predicted molar refractivity (Wildman–Crippen MR) is 108 cm³/mol. The Bertz CT molecular complexity index is 990. The summed E-state index contributed by atoms with van der Waals surface area (Å²) < 4.78 is 4.75. The SMILES string of the molecule is COC(=O)Cc1sc(NC(=O)c2ccc(Cl)c(Cl)c2)nc1-c1ccccc1. The van der Waals surface area contributed by atoms with Crippen LogP contribution in [0.3, 0.4) is 0 Å². The lowest BCUT2D eigenvalue weighted by Crippen LogP contribution is -2.11. The monoisotopic (exact) mass is 420 g/mol. The number of thiazole rings is 1. The number of esters is 1. The van der Waals surface area contributed by atoms with Crippen LogP contribution in [-0.4, -0.2) is 24.0 Å². The van der Waals surface area contributed by atoms with Crippen molar-refractivity contribution >= 4 is 51.5 Å². The van der Waals surface area contributed by atoms with Gasteiger partial charge in [-0.15, -0.1) is 11.3 Å². The standard InChI is InChI=1S/C19H14Cl2N2O3S/c1-26-16(24)10-15-17(11-5-3-2-4-6-11)22-19(27-15)23-18(25)12-7-8-13(20)14(21)9-12/h2-9H,10H2,1H3,(H,22,23,25). The van der Waals surface area contributed by atoms with E-state index in [0.29, 0.717) is 31.3 Å². The number of halogens is 2. The van der Waals surface area contributed by atoms with Gasteiger partial charge in [0.1, 0.15) is 0 Å². The third kappa shape index (κ3) is 4.66. The molecule has 0 bridgehead atoms. The molecule has 0 radical (unpaired) electrons. The highest BCUT2D eigenvalue weighted by molar-refractivity contribution is 7.16. The highest BCUT2D eigenvalue weighted by atomic mass is 35.5. The zero-order valence-corrected chi connectivity index (χ0v) is 16.5. The Labute approximate surface area is 169 Å². The minimum Gasteiger partial charge on any atom is -0.469 e. The molecule has 5 nitrogen and oxygen atoms in total. The maximum atomic E-state index is 12.5.